The van der Waals surface area contributed by atoms with E-state index in [4.69, 9.17) is 16.3 Å². The van der Waals surface area contributed by atoms with E-state index in [0.717, 1.165) is 26.2 Å². The molecule has 0 unspecified atom stereocenters. The Morgan fingerprint density at radius 3 is 1.90 bits per heavy atom. The Bertz CT molecular complexity index is 891. The quantitative estimate of drug-likeness (QED) is 0.564. The molecule has 3 aromatic carbocycles. The molecule has 1 aliphatic heterocycles. The highest BCUT2D eigenvalue weighted by Gasteiger charge is 2.27. The van der Waals surface area contributed by atoms with Crippen molar-refractivity contribution in [3.05, 3.63) is 101 Å². The number of aliphatic hydroxyl groups is 1. The zero-order chi connectivity index (χ0) is 21.5. The number of nitrogens with zero attached hydrogens (tertiary/aromatic N) is 2. The second-order valence-electron chi connectivity index (χ2n) is 7.96. The Labute approximate surface area is 189 Å². The summed E-state index contributed by atoms with van der Waals surface area (Å²) in [5.41, 5.74) is 2.63. The van der Waals surface area contributed by atoms with Crippen molar-refractivity contribution in [1.29, 1.82) is 0 Å². The second-order valence-corrected chi connectivity index (χ2v) is 8.36. The first-order valence-corrected chi connectivity index (χ1v) is 11.2. The lowest BCUT2D eigenvalue weighted by molar-refractivity contribution is 0.0401. The minimum absolute atomic E-state index is 0.237. The molecule has 1 heterocycles. The predicted octanol–water partition coefficient (Wildman–Crippen LogP) is 4.49. The van der Waals surface area contributed by atoms with Crippen molar-refractivity contribution in [3.63, 3.8) is 0 Å². The Morgan fingerprint density at radius 1 is 0.774 bits per heavy atom. The van der Waals surface area contributed by atoms with Gasteiger partial charge in [-0.05, 0) is 23.3 Å². The molecule has 1 N–H and O–H groups in total. The van der Waals surface area contributed by atoms with E-state index >= 15 is 0 Å². The highest BCUT2D eigenvalue weighted by Crippen LogP contribution is 2.29. The Balaban J connectivity index is 1.33. The molecule has 1 saturated heterocycles. The standard InChI is InChI=1S/C26H29ClN2O2/c27-24-13-7-8-14-25(24)31-20-23(30)19-28-15-17-29(18-16-28)26(21-9-3-1-4-10-21)22-11-5-2-6-12-22/h1-14,23,26,30H,15-20H2/t23-/m1/s1. The molecule has 0 aliphatic carbocycles. The number of hydrogen-bond donors (Lipinski definition) is 1. The van der Waals surface area contributed by atoms with Gasteiger partial charge in [0.2, 0.25) is 0 Å². The summed E-state index contributed by atoms with van der Waals surface area (Å²) < 4.78 is 5.70. The van der Waals surface area contributed by atoms with E-state index in [-0.39, 0.29) is 12.6 Å². The van der Waals surface area contributed by atoms with E-state index in [1.807, 2.05) is 18.2 Å². The van der Waals surface area contributed by atoms with Crippen molar-refractivity contribution < 1.29 is 9.84 Å². The predicted molar refractivity (Wildman–Crippen MR) is 126 cm³/mol. The average Bonchev–Trinajstić information content (AvgIpc) is 2.81. The van der Waals surface area contributed by atoms with E-state index in [1.54, 1.807) is 6.07 Å². The number of ether oxygens (including phenoxy) is 1. The van der Waals surface area contributed by atoms with Gasteiger partial charge in [0, 0.05) is 32.7 Å². The van der Waals surface area contributed by atoms with Gasteiger partial charge in [-0.3, -0.25) is 9.80 Å². The average molecular weight is 437 g/mol. The van der Waals surface area contributed by atoms with Crippen LogP contribution in [0.25, 0.3) is 0 Å². The molecular weight excluding hydrogens is 408 g/mol. The number of piperazine rings is 1. The molecule has 1 fully saturated rings. The summed E-state index contributed by atoms with van der Waals surface area (Å²) >= 11 is 6.12. The number of β-amino-alcohol motifs (C(OH)–C–C–N with tert-alkyl or cyclic N) is 1. The number of aliphatic hydroxyl groups excluding tert-OH is 1. The lowest BCUT2D eigenvalue weighted by Crippen LogP contribution is -2.50. The van der Waals surface area contributed by atoms with Crippen LogP contribution in [0.3, 0.4) is 0 Å². The van der Waals surface area contributed by atoms with Gasteiger partial charge in [0.15, 0.2) is 0 Å². The normalized spacial score (nSPS) is 16.4. The third-order valence-electron chi connectivity index (χ3n) is 5.74. The summed E-state index contributed by atoms with van der Waals surface area (Å²) in [5.74, 6) is 0.613. The van der Waals surface area contributed by atoms with Gasteiger partial charge in [0.1, 0.15) is 18.5 Å². The van der Waals surface area contributed by atoms with Crippen LogP contribution in [0.2, 0.25) is 5.02 Å². The third kappa shape index (κ3) is 5.86. The molecule has 31 heavy (non-hydrogen) atoms. The summed E-state index contributed by atoms with van der Waals surface area (Å²) in [6, 6.07) is 29.0. The molecule has 5 heteroatoms. The van der Waals surface area contributed by atoms with Crippen LogP contribution in [0, 0.1) is 0 Å². The molecule has 0 saturated carbocycles. The van der Waals surface area contributed by atoms with Gasteiger partial charge in [-0.25, -0.2) is 0 Å². The van der Waals surface area contributed by atoms with Crippen molar-refractivity contribution in [2.24, 2.45) is 0 Å². The molecule has 4 rings (SSSR count). The van der Waals surface area contributed by atoms with Crippen molar-refractivity contribution >= 4 is 11.6 Å². The van der Waals surface area contributed by atoms with Gasteiger partial charge in [0.05, 0.1) is 11.1 Å². The minimum Gasteiger partial charge on any atom is -0.489 e. The topological polar surface area (TPSA) is 35.9 Å². The second kappa shape index (κ2) is 10.8. The maximum atomic E-state index is 10.5. The van der Waals surface area contributed by atoms with Gasteiger partial charge in [-0.1, -0.05) is 84.4 Å². The maximum absolute atomic E-state index is 10.5. The fraction of sp³-hybridized carbons (Fsp3) is 0.308. The van der Waals surface area contributed by atoms with Crippen molar-refractivity contribution in [1.82, 2.24) is 9.80 Å². The fourth-order valence-electron chi connectivity index (χ4n) is 4.19. The summed E-state index contributed by atoms with van der Waals surface area (Å²) in [6.07, 6.45) is -0.554. The molecule has 162 valence electrons. The first-order chi connectivity index (χ1) is 15.2. The molecule has 0 spiro atoms. The van der Waals surface area contributed by atoms with Gasteiger partial charge >= 0.3 is 0 Å². The van der Waals surface area contributed by atoms with Gasteiger partial charge < -0.3 is 9.84 Å². The van der Waals surface area contributed by atoms with Crippen LogP contribution in [0.1, 0.15) is 17.2 Å². The molecule has 3 aromatic rings. The van der Waals surface area contributed by atoms with E-state index in [9.17, 15) is 5.11 Å². The zero-order valence-corrected chi connectivity index (χ0v) is 18.4. The molecule has 1 aliphatic rings. The Morgan fingerprint density at radius 2 is 1.32 bits per heavy atom. The largest absolute Gasteiger partial charge is 0.489 e. The SMILES string of the molecule is O[C@@H](COc1ccccc1Cl)CN1CCN(C(c2ccccc2)c2ccccc2)CC1. The minimum atomic E-state index is -0.554. The first kappa shape index (κ1) is 21.8. The Kier molecular flexibility index (Phi) is 7.60. The zero-order valence-electron chi connectivity index (χ0n) is 17.6. The summed E-state index contributed by atoms with van der Waals surface area (Å²) in [4.78, 5) is 4.85. The highest BCUT2D eigenvalue weighted by atomic mass is 35.5. The monoisotopic (exact) mass is 436 g/mol. The van der Waals surface area contributed by atoms with Crippen molar-refractivity contribution in [3.8, 4) is 5.75 Å². The van der Waals surface area contributed by atoms with Crippen LogP contribution < -0.4 is 4.74 Å². The van der Waals surface area contributed by atoms with Crippen LogP contribution in [0.15, 0.2) is 84.9 Å². The molecule has 1 atom stereocenters. The fourth-order valence-corrected chi connectivity index (χ4v) is 4.38. The summed E-state index contributed by atoms with van der Waals surface area (Å²) in [5, 5.41) is 11.0. The van der Waals surface area contributed by atoms with Crippen LogP contribution >= 0.6 is 11.6 Å². The van der Waals surface area contributed by atoms with Gasteiger partial charge in [-0.15, -0.1) is 0 Å². The number of para-hydroxylation sites is 1. The van der Waals surface area contributed by atoms with E-state index in [0.29, 0.717) is 17.3 Å². The van der Waals surface area contributed by atoms with Crippen LogP contribution in [-0.2, 0) is 0 Å². The Hall–Kier alpha value is -2.37. The molecule has 0 aromatic heterocycles. The lowest BCUT2D eigenvalue weighted by atomic mass is 9.96. The third-order valence-corrected chi connectivity index (χ3v) is 6.05. The van der Waals surface area contributed by atoms with Crippen LogP contribution in [-0.4, -0.2) is 60.3 Å². The lowest BCUT2D eigenvalue weighted by Gasteiger charge is -2.40. The molecule has 0 amide bonds. The van der Waals surface area contributed by atoms with Gasteiger partial charge in [-0.2, -0.15) is 0 Å². The molecule has 4 nitrogen and oxygen atoms in total. The number of benzene rings is 3. The van der Waals surface area contributed by atoms with Crippen LogP contribution in [0.4, 0.5) is 0 Å². The van der Waals surface area contributed by atoms with E-state index in [1.165, 1.54) is 11.1 Å². The van der Waals surface area contributed by atoms with Crippen molar-refractivity contribution in [2.45, 2.75) is 12.1 Å². The number of hydrogen-bond acceptors (Lipinski definition) is 4. The summed E-state index contributed by atoms with van der Waals surface area (Å²) in [7, 11) is 0. The molecule has 0 radical (unpaired) electrons. The van der Waals surface area contributed by atoms with E-state index in [2.05, 4.69) is 70.5 Å². The molecular formula is C26H29ClN2O2. The molecule has 0 bridgehead atoms. The number of halogens is 1. The first-order valence-electron chi connectivity index (χ1n) is 10.8. The van der Waals surface area contributed by atoms with Crippen molar-refractivity contribution in [2.75, 3.05) is 39.3 Å². The maximum Gasteiger partial charge on any atom is 0.138 e. The van der Waals surface area contributed by atoms with E-state index < -0.39 is 6.10 Å². The van der Waals surface area contributed by atoms with Gasteiger partial charge in [0.25, 0.3) is 0 Å². The number of rotatable bonds is 8. The van der Waals surface area contributed by atoms with Crippen LogP contribution in [0.5, 0.6) is 5.75 Å². The summed E-state index contributed by atoms with van der Waals surface area (Å²) in [6.45, 7) is 4.57. The highest BCUT2D eigenvalue weighted by molar-refractivity contribution is 6.32. The smallest absolute Gasteiger partial charge is 0.138 e.